The lowest BCUT2D eigenvalue weighted by molar-refractivity contribution is -0.121. The summed E-state index contributed by atoms with van der Waals surface area (Å²) >= 11 is 6.29. The summed E-state index contributed by atoms with van der Waals surface area (Å²) in [4.78, 5) is 19.1. The van der Waals surface area contributed by atoms with Gasteiger partial charge in [0.1, 0.15) is 0 Å². The van der Waals surface area contributed by atoms with Crippen LogP contribution in [-0.2, 0) is 10.2 Å². The molecule has 0 bridgehead atoms. The van der Waals surface area contributed by atoms with Crippen LogP contribution in [0.2, 0.25) is 5.02 Å². The molecular weight excluding hydrogens is 384 g/mol. The van der Waals surface area contributed by atoms with Crippen molar-refractivity contribution in [3.63, 3.8) is 0 Å². The number of halogens is 1. The van der Waals surface area contributed by atoms with Crippen molar-refractivity contribution in [1.82, 2.24) is 15.5 Å². The van der Waals surface area contributed by atoms with E-state index in [0.29, 0.717) is 12.3 Å². The molecule has 3 rings (SSSR count). The van der Waals surface area contributed by atoms with Gasteiger partial charge in [0.05, 0.1) is 6.54 Å². The first kappa shape index (κ1) is 21.9. The first-order valence-electron chi connectivity index (χ1n) is 11.1. The van der Waals surface area contributed by atoms with Crippen molar-refractivity contribution in [3.05, 3.63) is 34.9 Å². The number of hydrogen-bond acceptors (Lipinski definition) is 2. The van der Waals surface area contributed by atoms with Crippen LogP contribution >= 0.6 is 11.6 Å². The molecule has 1 saturated heterocycles. The molecule has 1 aliphatic carbocycles. The largest absolute Gasteiger partial charge is 0.359 e. The van der Waals surface area contributed by atoms with E-state index in [9.17, 15) is 4.79 Å². The van der Waals surface area contributed by atoms with Gasteiger partial charge in [-0.3, -0.25) is 9.79 Å². The van der Waals surface area contributed by atoms with Crippen LogP contribution in [0.4, 0.5) is 0 Å². The van der Waals surface area contributed by atoms with Crippen LogP contribution in [0.25, 0.3) is 0 Å². The van der Waals surface area contributed by atoms with E-state index in [4.69, 9.17) is 16.6 Å². The van der Waals surface area contributed by atoms with Crippen molar-refractivity contribution < 1.29 is 4.79 Å². The first-order valence-corrected chi connectivity index (χ1v) is 11.4. The Morgan fingerprint density at radius 1 is 1.28 bits per heavy atom. The molecule has 1 amide bonds. The van der Waals surface area contributed by atoms with Gasteiger partial charge in [-0.2, -0.15) is 0 Å². The predicted molar refractivity (Wildman–Crippen MR) is 121 cm³/mol. The van der Waals surface area contributed by atoms with Crippen LogP contribution < -0.4 is 10.6 Å². The summed E-state index contributed by atoms with van der Waals surface area (Å²) in [6, 6.07) is 8.34. The number of amides is 1. The maximum Gasteiger partial charge on any atom is 0.220 e. The Morgan fingerprint density at radius 2 is 2.00 bits per heavy atom. The van der Waals surface area contributed by atoms with Crippen molar-refractivity contribution in [2.45, 2.75) is 57.3 Å². The molecule has 1 aromatic rings. The third-order valence-corrected chi connectivity index (χ3v) is 6.77. The lowest BCUT2D eigenvalue weighted by Gasteiger charge is -2.35. The number of hydrogen-bond donors (Lipinski definition) is 2. The Balaban J connectivity index is 1.69. The summed E-state index contributed by atoms with van der Waals surface area (Å²) in [5, 5.41) is 7.05. The zero-order valence-electron chi connectivity index (χ0n) is 17.8. The van der Waals surface area contributed by atoms with Gasteiger partial charge in [0.15, 0.2) is 5.96 Å². The smallest absolute Gasteiger partial charge is 0.220 e. The van der Waals surface area contributed by atoms with Crippen molar-refractivity contribution >= 4 is 23.5 Å². The summed E-state index contributed by atoms with van der Waals surface area (Å²) in [5.74, 6) is 1.63. The number of piperidine rings is 1. The number of likely N-dealkylation sites (tertiary alicyclic amines) is 1. The summed E-state index contributed by atoms with van der Waals surface area (Å²) in [7, 11) is 1.71. The Morgan fingerprint density at radius 3 is 2.62 bits per heavy atom. The highest BCUT2D eigenvalue weighted by Crippen LogP contribution is 2.42. The van der Waals surface area contributed by atoms with Gasteiger partial charge in [0, 0.05) is 43.5 Å². The third kappa shape index (κ3) is 5.65. The number of carbonyl (C=O) groups is 1. The average Bonchev–Trinajstić information content (AvgIpc) is 3.22. The molecule has 5 nitrogen and oxygen atoms in total. The fourth-order valence-electron chi connectivity index (χ4n) is 4.77. The van der Waals surface area contributed by atoms with Crippen molar-refractivity contribution in [2.75, 3.05) is 33.2 Å². The number of rotatable bonds is 6. The molecule has 0 atom stereocenters. The van der Waals surface area contributed by atoms with Crippen molar-refractivity contribution in [2.24, 2.45) is 10.9 Å². The monoisotopic (exact) mass is 418 g/mol. The van der Waals surface area contributed by atoms with Gasteiger partial charge in [0.25, 0.3) is 0 Å². The Labute approximate surface area is 180 Å². The number of benzene rings is 1. The number of guanidine groups is 1. The molecular formula is C23H35ClN4O. The maximum atomic E-state index is 11.7. The van der Waals surface area contributed by atoms with E-state index in [1.54, 1.807) is 7.05 Å². The van der Waals surface area contributed by atoms with E-state index in [1.807, 2.05) is 6.07 Å². The Kier molecular flexibility index (Phi) is 7.82. The Hall–Kier alpha value is -1.75. The molecule has 29 heavy (non-hydrogen) atoms. The lowest BCUT2D eigenvalue weighted by atomic mass is 9.79. The lowest BCUT2D eigenvalue weighted by Crippen LogP contribution is -2.46. The minimum Gasteiger partial charge on any atom is -0.359 e. The predicted octanol–water partition coefficient (Wildman–Crippen LogP) is 3.97. The Bertz CT molecular complexity index is 707. The maximum absolute atomic E-state index is 11.7. The number of nitrogens with zero attached hydrogens (tertiary/aromatic N) is 2. The average molecular weight is 419 g/mol. The summed E-state index contributed by atoms with van der Waals surface area (Å²) in [6.07, 6.45) is 7.56. The number of carbonyl (C=O) groups excluding carboxylic acids is 1. The van der Waals surface area contributed by atoms with E-state index in [0.717, 1.165) is 50.0 Å². The molecule has 2 N–H and O–H groups in total. The number of aliphatic imine (C=N–C) groups is 1. The van der Waals surface area contributed by atoms with Gasteiger partial charge < -0.3 is 15.5 Å². The van der Waals surface area contributed by atoms with E-state index in [-0.39, 0.29) is 11.3 Å². The summed E-state index contributed by atoms with van der Waals surface area (Å²) in [6.45, 7) is 5.69. The van der Waals surface area contributed by atoms with Crippen LogP contribution in [0.15, 0.2) is 29.3 Å². The van der Waals surface area contributed by atoms with E-state index in [2.05, 4.69) is 40.7 Å². The number of nitrogens with one attached hydrogen (secondary N) is 2. The van der Waals surface area contributed by atoms with Gasteiger partial charge in [-0.15, -0.1) is 0 Å². The van der Waals surface area contributed by atoms with E-state index < -0.39 is 0 Å². The zero-order valence-corrected chi connectivity index (χ0v) is 18.6. The zero-order chi connectivity index (χ0) is 20.7. The topological polar surface area (TPSA) is 56.7 Å². The highest BCUT2D eigenvalue weighted by Gasteiger charge is 2.36. The minimum absolute atomic E-state index is 0.100. The van der Waals surface area contributed by atoms with Gasteiger partial charge in [-0.25, -0.2) is 0 Å². The summed E-state index contributed by atoms with van der Waals surface area (Å²) in [5.41, 5.74) is 1.43. The standard InChI is InChI=1S/C23H35ClN4O/c1-3-26-22(28-13-9-18(10-14-28)15-21(29)25-2)27-17-23(11-4-5-12-23)19-7-6-8-20(24)16-19/h6-8,16,18H,3-5,9-15,17H2,1-2H3,(H,25,29)(H,26,27). The first-order chi connectivity index (χ1) is 14.1. The SMILES string of the molecule is CCNC(=NCC1(c2cccc(Cl)c2)CCCC1)N1CCC(CC(=O)NC)CC1. The second-order valence-electron chi connectivity index (χ2n) is 8.48. The van der Waals surface area contributed by atoms with Crippen LogP contribution in [-0.4, -0.2) is 50.0 Å². The highest BCUT2D eigenvalue weighted by molar-refractivity contribution is 6.30. The van der Waals surface area contributed by atoms with Gasteiger partial charge >= 0.3 is 0 Å². The molecule has 0 radical (unpaired) electrons. The van der Waals surface area contributed by atoms with E-state index >= 15 is 0 Å². The molecule has 0 aromatic heterocycles. The quantitative estimate of drug-likeness (QED) is 0.543. The second kappa shape index (κ2) is 10.3. The van der Waals surface area contributed by atoms with Crippen LogP contribution in [0.5, 0.6) is 0 Å². The van der Waals surface area contributed by atoms with Crippen molar-refractivity contribution in [3.8, 4) is 0 Å². The van der Waals surface area contributed by atoms with E-state index in [1.165, 1.54) is 31.2 Å². The van der Waals surface area contributed by atoms with Gasteiger partial charge in [0.2, 0.25) is 5.91 Å². The molecule has 6 heteroatoms. The molecule has 1 aromatic carbocycles. The molecule has 160 valence electrons. The van der Waals surface area contributed by atoms with Crippen LogP contribution in [0.3, 0.4) is 0 Å². The normalized spacial score (nSPS) is 20.0. The third-order valence-electron chi connectivity index (χ3n) is 6.53. The molecule has 1 saturated carbocycles. The fourth-order valence-corrected chi connectivity index (χ4v) is 4.96. The van der Waals surface area contributed by atoms with Crippen molar-refractivity contribution in [1.29, 1.82) is 0 Å². The molecule has 2 aliphatic rings. The fraction of sp³-hybridized carbons (Fsp3) is 0.652. The highest BCUT2D eigenvalue weighted by atomic mass is 35.5. The minimum atomic E-state index is 0.100. The molecule has 1 aliphatic heterocycles. The summed E-state index contributed by atoms with van der Waals surface area (Å²) < 4.78 is 0. The molecule has 0 spiro atoms. The molecule has 2 fully saturated rings. The molecule has 1 heterocycles. The van der Waals surface area contributed by atoms with Gasteiger partial charge in [-0.05, 0) is 56.2 Å². The second-order valence-corrected chi connectivity index (χ2v) is 8.91. The van der Waals surface area contributed by atoms with Crippen LogP contribution in [0, 0.1) is 5.92 Å². The van der Waals surface area contributed by atoms with Gasteiger partial charge in [-0.1, -0.05) is 36.6 Å². The molecule has 0 unspecified atom stereocenters. The van der Waals surface area contributed by atoms with Crippen LogP contribution in [0.1, 0.15) is 57.4 Å².